The van der Waals surface area contributed by atoms with Crippen LogP contribution in [-0.2, 0) is 0 Å². The fourth-order valence-corrected chi connectivity index (χ4v) is 1.34. The standard InChI is InChI=1S/C10H17N5O/c1-2-15(7-3-6-11)9-5-4-8(10(12)16)13-14-9/h4-5H,2-3,6-7,11H2,1H3,(H2,12,16). The van der Waals surface area contributed by atoms with Gasteiger partial charge in [-0.15, -0.1) is 10.2 Å². The van der Waals surface area contributed by atoms with Crippen molar-refractivity contribution in [3.05, 3.63) is 17.8 Å². The van der Waals surface area contributed by atoms with Gasteiger partial charge in [-0.25, -0.2) is 0 Å². The lowest BCUT2D eigenvalue weighted by Crippen LogP contribution is -2.27. The van der Waals surface area contributed by atoms with E-state index in [4.69, 9.17) is 11.5 Å². The molecule has 0 bridgehead atoms. The minimum absolute atomic E-state index is 0.179. The zero-order valence-corrected chi connectivity index (χ0v) is 9.39. The number of nitrogens with two attached hydrogens (primary N) is 2. The molecule has 0 saturated carbocycles. The maximum absolute atomic E-state index is 10.8. The van der Waals surface area contributed by atoms with Gasteiger partial charge in [0.25, 0.3) is 5.91 Å². The Morgan fingerprint density at radius 1 is 1.44 bits per heavy atom. The minimum atomic E-state index is -0.566. The van der Waals surface area contributed by atoms with Crippen LogP contribution in [0.3, 0.4) is 0 Å². The second kappa shape index (κ2) is 6.02. The molecule has 6 heteroatoms. The molecule has 0 radical (unpaired) electrons. The minimum Gasteiger partial charge on any atom is -0.364 e. The van der Waals surface area contributed by atoms with Crippen LogP contribution in [0.1, 0.15) is 23.8 Å². The number of nitrogens with zero attached hydrogens (tertiary/aromatic N) is 3. The molecule has 0 aliphatic heterocycles. The largest absolute Gasteiger partial charge is 0.364 e. The zero-order valence-electron chi connectivity index (χ0n) is 9.39. The van der Waals surface area contributed by atoms with Crippen LogP contribution in [0.5, 0.6) is 0 Å². The molecule has 0 fully saturated rings. The van der Waals surface area contributed by atoms with E-state index < -0.39 is 5.91 Å². The Labute approximate surface area is 94.6 Å². The fourth-order valence-electron chi connectivity index (χ4n) is 1.34. The molecule has 0 spiro atoms. The molecule has 0 atom stereocenters. The summed E-state index contributed by atoms with van der Waals surface area (Å²) in [6.45, 7) is 4.33. The summed E-state index contributed by atoms with van der Waals surface area (Å²) in [6.07, 6.45) is 0.896. The van der Waals surface area contributed by atoms with Crippen LogP contribution < -0.4 is 16.4 Å². The van der Waals surface area contributed by atoms with Gasteiger partial charge in [0, 0.05) is 13.1 Å². The number of carbonyl (C=O) groups is 1. The van der Waals surface area contributed by atoms with Gasteiger partial charge >= 0.3 is 0 Å². The quantitative estimate of drug-likeness (QED) is 0.693. The van der Waals surface area contributed by atoms with E-state index in [-0.39, 0.29) is 5.69 Å². The van der Waals surface area contributed by atoms with Crippen molar-refractivity contribution in [2.45, 2.75) is 13.3 Å². The van der Waals surface area contributed by atoms with Crippen LogP contribution in [0.25, 0.3) is 0 Å². The Hall–Kier alpha value is -1.69. The molecule has 88 valence electrons. The van der Waals surface area contributed by atoms with Crippen LogP contribution in [0.2, 0.25) is 0 Å². The maximum Gasteiger partial charge on any atom is 0.269 e. The molecule has 4 N–H and O–H groups in total. The molecule has 0 unspecified atom stereocenters. The van der Waals surface area contributed by atoms with Crippen molar-refractivity contribution in [3.63, 3.8) is 0 Å². The van der Waals surface area contributed by atoms with Crippen LogP contribution in [0.4, 0.5) is 5.82 Å². The molecule has 6 nitrogen and oxygen atoms in total. The first-order valence-corrected chi connectivity index (χ1v) is 5.27. The molecular formula is C10H17N5O. The van der Waals surface area contributed by atoms with Gasteiger partial charge in [0.2, 0.25) is 0 Å². The molecule has 1 amide bonds. The number of amides is 1. The smallest absolute Gasteiger partial charge is 0.269 e. The van der Waals surface area contributed by atoms with Gasteiger partial charge in [-0.1, -0.05) is 0 Å². The van der Waals surface area contributed by atoms with E-state index in [9.17, 15) is 4.79 Å². The molecule has 1 rings (SSSR count). The Morgan fingerprint density at radius 2 is 2.19 bits per heavy atom. The number of aromatic nitrogens is 2. The number of carbonyl (C=O) groups excluding carboxylic acids is 1. The third kappa shape index (κ3) is 3.16. The molecule has 0 aliphatic rings. The molecule has 0 saturated heterocycles. The number of hydrogen-bond acceptors (Lipinski definition) is 5. The number of rotatable bonds is 6. The van der Waals surface area contributed by atoms with Crippen molar-refractivity contribution in [2.24, 2.45) is 11.5 Å². The lowest BCUT2D eigenvalue weighted by molar-refractivity contribution is 0.0994. The average Bonchev–Trinajstić information content (AvgIpc) is 2.30. The molecule has 1 aromatic rings. The van der Waals surface area contributed by atoms with Gasteiger partial charge in [0.05, 0.1) is 0 Å². The Kier molecular flexibility index (Phi) is 4.65. The van der Waals surface area contributed by atoms with Gasteiger partial charge < -0.3 is 16.4 Å². The zero-order chi connectivity index (χ0) is 12.0. The SMILES string of the molecule is CCN(CCCN)c1ccc(C(N)=O)nn1. The normalized spacial score (nSPS) is 10.1. The van der Waals surface area contributed by atoms with E-state index in [1.54, 1.807) is 12.1 Å². The Bertz CT molecular complexity index is 338. The fraction of sp³-hybridized carbons (Fsp3) is 0.500. The highest BCUT2D eigenvalue weighted by atomic mass is 16.1. The van der Waals surface area contributed by atoms with Crippen molar-refractivity contribution in [1.29, 1.82) is 0 Å². The van der Waals surface area contributed by atoms with Crippen molar-refractivity contribution in [1.82, 2.24) is 10.2 Å². The highest BCUT2D eigenvalue weighted by Gasteiger charge is 2.07. The maximum atomic E-state index is 10.8. The van der Waals surface area contributed by atoms with Gasteiger partial charge in [0.1, 0.15) is 0 Å². The monoisotopic (exact) mass is 223 g/mol. The highest BCUT2D eigenvalue weighted by Crippen LogP contribution is 2.09. The number of primary amides is 1. The van der Waals surface area contributed by atoms with E-state index in [2.05, 4.69) is 10.2 Å². The summed E-state index contributed by atoms with van der Waals surface area (Å²) < 4.78 is 0. The van der Waals surface area contributed by atoms with E-state index >= 15 is 0 Å². The first-order chi connectivity index (χ1) is 7.69. The average molecular weight is 223 g/mol. The topological polar surface area (TPSA) is 98.1 Å². The Morgan fingerprint density at radius 3 is 2.62 bits per heavy atom. The lowest BCUT2D eigenvalue weighted by Gasteiger charge is -2.20. The summed E-state index contributed by atoms with van der Waals surface area (Å²) in [5.74, 6) is 0.171. The molecule has 0 aromatic carbocycles. The number of anilines is 1. The van der Waals surface area contributed by atoms with Crippen molar-refractivity contribution in [3.8, 4) is 0 Å². The van der Waals surface area contributed by atoms with Crippen LogP contribution in [-0.4, -0.2) is 35.7 Å². The Balaban J connectivity index is 2.74. The number of hydrogen-bond donors (Lipinski definition) is 2. The summed E-state index contributed by atoms with van der Waals surface area (Å²) in [7, 11) is 0. The molecule has 0 aliphatic carbocycles. The van der Waals surface area contributed by atoms with Crippen molar-refractivity contribution >= 4 is 11.7 Å². The second-order valence-corrected chi connectivity index (χ2v) is 3.36. The third-order valence-electron chi connectivity index (χ3n) is 2.24. The van der Waals surface area contributed by atoms with Crippen LogP contribution in [0.15, 0.2) is 12.1 Å². The molecular weight excluding hydrogens is 206 g/mol. The first kappa shape index (κ1) is 12.4. The highest BCUT2D eigenvalue weighted by molar-refractivity contribution is 5.90. The lowest BCUT2D eigenvalue weighted by atomic mass is 10.3. The summed E-state index contributed by atoms with van der Waals surface area (Å²) in [5.41, 5.74) is 10.7. The van der Waals surface area contributed by atoms with E-state index in [1.165, 1.54) is 0 Å². The van der Waals surface area contributed by atoms with Crippen molar-refractivity contribution in [2.75, 3.05) is 24.5 Å². The predicted molar refractivity (Wildman–Crippen MR) is 62.1 cm³/mol. The molecule has 1 heterocycles. The van der Waals surface area contributed by atoms with E-state index in [0.29, 0.717) is 6.54 Å². The van der Waals surface area contributed by atoms with Gasteiger partial charge in [0.15, 0.2) is 11.5 Å². The van der Waals surface area contributed by atoms with Crippen molar-refractivity contribution < 1.29 is 4.79 Å². The first-order valence-electron chi connectivity index (χ1n) is 5.27. The van der Waals surface area contributed by atoms with Gasteiger partial charge in [-0.2, -0.15) is 0 Å². The van der Waals surface area contributed by atoms with Gasteiger partial charge in [-0.05, 0) is 32.0 Å². The summed E-state index contributed by atoms with van der Waals surface area (Å²) in [6, 6.07) is 3.32. The van der Waals surface area contributed by atoms with Crippen LogP contribution in [0, 0.1) is 0 Å². The summed E-state index contributed by atoms with van der Waals surface area (Å²) >= 11 is 0. The molecule has 1 aromatic heterocycles. The van der Waals surface area contributed by atoms with E-state index in [1.807, 2.05) is 11.8 Å². The van der Waals surface area contributed by atoms with Crippen LogP contribution >= 0.6 is 0 Å². The second-order valence-electron chi connectivity index (χ2n) is 3.36. The van der Waals surface area contributed by atoms with E-state index in [0.717, 1.165) is 25.3 Å². The summed E-state index contributed by atoms with van der Waals surface area (Å²) in [5, 5.41) is 7.72. The third-order valence-corrected chi connectivity index (χ3v) is 2.24. The predicted octanol–water partition coefficient (Wildman–Crippen LogP) is -0.249. The van der Waals surface area contributed by atoms with Gasteiger partial charge in [-0.3, -0.25) is 4.79 Å². The summed E-state index contributed by atoms with van der Waals surface area (Å²) in [4.78, 5) is 12.9. The molecule has 16 heavy (non-hydrogen) atoms.